The first-order valence-corrected chi connectivity index (χ1v) is 9.48. The molecule has 0 aliphatic carbocycles. The van der Waals surface area contributed by atoms with E-state index in [9.17, 15) is 0 Å². The molecule has 0 radical (unpaired) electrons. The molecule has 4 rings (SSSR count). The summed E-state index contributed by atoms with van der Waals surface area (Å²) in [6, 6.07) is 0.400. The van der Waals surface area contributed by atoms with Crippen LogP contribution in [0.25, 0.3) is 0 Å². The number of piperidine rings is 1. The Balaban J connectivity index is 1.29. The predicted molar refractivity (Wildman–Crippen MR) is 89.4 cm³/mol. The maximum absolute atomic E-state index is 6.20. The summed E-state index contributed by atoms with van der Waals surface area (Å²) in [6.45, 7) is 3.98. The SMILES string of the molecule is c1csc(CN2CCC3(CC2)C[C@H](Nc2nccs2)CO3)n1. The molecule has 7 heteroatoms. The fraction of sp³-hybridized carbons (Fsp3) is 0.600. The molecule has 2 aliphatic heterocycles. The van der Waals surface area contributed by atoms with Gasteiger partial charge in [0.25, 0.3) is 0 Å². The molecule has 2 aliphatic rings. The van der Waals surface area contributed by atoms with E-state index in [0.29, 0.717) is 6.04 Å². The van der Waals surface area contributed by atoms with Gasteiger partial charge in [-0.05, 0) is 19.3 Å². The van der Waals surface area contributed by atoms with Crippen molar-refractivity contribution in [3.05, 3.63) is 28.2 Å². The van der Waals surface area contributed by atoms with Crippen LogP contribution >= 0.6 is 22.7 Å². The molecule has 2 aromatic rings. The van der Waals surface area contributed by atoms with E-state index in [0.717, 1.165) is 50.6 Å². The molecule has 1 spiro atoms. The number of hydrogen-bond donors (Lipinski definition) is 1. The summed E-state index contributed by atoms with van der Waals surface area (Å²) in [4.78, 5) is 11.2. The molecule has 2 aromatic heterocycles. The summed E-state index contributed by atoms with van der Waals surface area (Å²) < 4.78 is 6.20. The Morgan fingerprint density at radius 1 is 1.23 bits per heavy atom. The molecule has 1 N–H and O–H groups in total. The molecule has 118 valence electrons. The van der Waals surface area contributed by atoms with Gasteiger partial charge in [0, 0.05) is 36.2 Å². The third-order valence-corrected chi connectivity index (χ3v) is 6.05. The molecule has 1 atom stereocenters. The minimum absolute atomic E-state index is 0.0777. The molecule has 0 aromatic carbocycles. The minimum Gasteiger partial charge on any atom is -0.373 e. The summed E-state index contributed by atoms with van der Waals surface area (Å²) in [5.41, 5.74) is 0.0777. The highest BCUT2D eigenvalue weighted by molar-refractivity contribution is 7.13. The number of likely N-dealkylation sites (tertiary alicyclic amines) is 1. The Labute approximate surface area is 138 Å². The second kappa shape index (κ2) is 6.23. The van der Waals surface area contributed by atoms with Gasteiger partial charge in [0.05, 0.1) is 24.8 Å². The van der Waals surface area contributed by atoms with Gasteiger partial charge in [0.15, 0.2) is 5.13 Å². The normalized spacial score (nSPS) is 24.8. The standard InChI is InChI=1S/C15H20N4OS2/c1-5-19(10-13-16-3-7-21-13)6-2-15(1)9-12(11-20-15)18-14-17-4-8-22-14/h3-4,7-8,12H,1-2,5-6,9-11H2,(H,17,18)/t12-/m0/s1. The molecule has 5 nitrogen and oxygen atoms in total. The number of nitrogens with zero attached hydrogens (tertiary/aromatic N) is 3. The van der Waals surface area contributed by atoms with Crippen molar-refractivity contribution in [3.8, 4) is 0 Å². The summed E-state index contributed by atoms with van der Waals surface area (Å²) in [7, 11) is 0. The lowest BCUT2D eigenvalue weighted by molar-refractivity contribution is -0.0448. The Kier molecular flexibility index (Phi) is 4.13. The predicted octanol–water partition coefficient (Wildman–Crippen LogP) is 2.84. The summed E-state index contributed by atoms with van der Waals surface area (Å²) in [5, 5.41) is 9.78. The molecular formula is C15H20N4OS2. The van der Waals surface area contributed by atoms with Gasteiger partial charge in [-0.2, -0.15) is 0 Å². The molecule has 0 amide bonds. The van der Waals surface area contributed by atoms with Crippen molar-refractivity contribution < 1.29 is 4.74 Å². The van der Waals surface area contributed by atoms with Crippen LogP contribution in [0.1, 0.15) is 24.3 Å². The summed E-state index contributed by atoms with van der Waals surface area (Å²) in [5.74, 6) is 0. The van der Waals surface area contributed by atoms with Crippen molar-refractivity contribution in [2.24, 2.45) is 0 Å². The number of thiazole rings is 2. The van der Waals surface area contributed by atoms with E-state index in [2.05, 4.69) is 25.6 Å². The second-order valence-electron chi connectivity index (χ2n) is 6.08. The summed E-state index contributed by atoms with van der Waals surface area (Å²) in [6.07, 6.45) is 7.07. The first-order valence-electron chi connectivity index (χ1n) is 7.72. The number of anilines is 1. The van der Waals surface area contributed by atoms with Gasteiger partial charge in [-0.1, -0.05) is 0 Å². The highest BCUT2D eigenvalue weighted by atomic mass is 32.1. The van der Waals surface area contributed by atoms with Gasteiger partial charge < -0.3 is 10.1 Å². The van der Waals surface area contributed by atoms with E-state index < -0.39 is 0 Å². The van der Waals surface area contributed by atoms with Gasteiger partial charge in [0.2, 0.25) is 0 Å². The number of aromatic nitrogens is 2. The van der Waals surface area contributed by atoms with Crippen LogP contribution < -0.4 is 5.32 Å². The van der Waals surface area contributed by atoms with Crippen LogP contribution in [0, 0.1) is 0 Å². The summed E-state index contributed by atoms with van der Waals surface area (Å²) >= 11 is 3.40. The fourth-order valence-corrected chi connectivity index (χ4v) is 4.66. The third-order valence-electron chi connectivity index (χ3n) is 4.58. The zero-order valence-corrected chi connectivity index (χ0v) is 14.0. The van der Waals surface area contributed by atoms with Gasteiger partial charge in [-0.15, -0.1) is 22.7 Å². The minimum atomic E-state index is 0.0777. The van der Waals surface area contributed by atoms with Crippen molar-refractivity contribution in [2.45, 2.75) is 37.5 Å². The first kappa shape index (κ1) is 14.6. The van der Waals surface area contributed by atoms with Crippen LogP contribution in [-0.2, 0) is 11.3 Å². The van der Waals surface area contributed by atoms with Gasteiger partial charge in [-0.25, -0.2) is 9.97 Å². The Morgan fingerprint density at radius 3 is 2.77 bits per heavy atom. The quantitative estimate of drug-likeness (QED) is 0.930. The van der Waals surface area contributed by atoms with Crippen molar-refractivity contribution >= 4 is 27.8 Å². The molecule has 4 heterocycles. The molecule has 0 saturated carbocycles. The van der Waals surface area contributed by atoms with Crippen LogP contribution in [-0.4, -0.2) is 46.2 Å². The van der Waals surface area contributed by atoms with Crippen molar-refractivity contribution in [1.29, 1.82) is 0 Å². The molecular weight excluding hydrogens is 316 g/mol. The maximum Gasteiger partial charge on any atom is 0.182 e. The smallest absolute Gasteiger partial charge is 0.182 e. The van der Waals surface area contributed by atoms with E-state index in [1.807, 2.05) is 17.8 Å². The van der Waals surface area contributed by atoms with Crippen molar-refractivity contribution in [1.82, 2.24) is 14.9 Å². The maximum atomic E-state index is 6.20. The lowest BCUT2D eigenvalue weighted by Gasteiger charge is -2.38. The van der Waals surface area contributed by atoms with Gasteiger partial charge in [-0.3, -0.25) is 4.90 Å². The molecule has 2 fully saturated rings. The van der Waals surface area contributed by atoms with Crippen LogP contribution in [0.5, 0.6) is 0 Å². The number of ether oxygens (including phenoxy) is 1. The Bertz CT molecular complexity index is 579. The lowest BCUT2D eigenvalue weighted by Crippen LogP contribution is -2.44. The molecule has 2 saturated heterocycles. The molecule has 0 unspecified atom stereocenters. The van der Waals surface area contributed by atoms with Crippen LogP contribution in [0.3, 0.4) is 0 Å². The fourth-order valence-electron chi connectivity index (χ4n) is 3.40. The first-order chi connectivity index (χ1) is 10.8. The average molecular weight is 336 g/mol. The van der Waals surface area contributed by atoms with Crippen LogP contribution in [0.15, 0.2) is 23.2 Å². The number of hydrogen-bond acceptors (Lipinski definition) is 7. The Hall–Kier alpha value is -1.02. The van der Waals surface area contributed by atoms with Gasteiger partial charge in [0.1, 0.15) is 5.01 Å². The van der Waals surface area contributed by atoms with Gasteiger partial charge >= 0.3 is 0 Å². The Morgan fingerprint density at radius 2 is 2.05 bits per heavy atom. The highest BCUT2D eigenvalue weighted by Gasteiger charge is 2.42. The number of nitrogens with one attached hydrogen (secondary N) is 1. The highest BCUT2D eigenvalue weighted by Crippen LogP contribution is 2.37. The van der Waals surface area contributed by atoms with Crippen molar-refractivity contribution in [2.75, 3.05) is 25.0 Å². The molecule has 22 heavy (non-hydrogen) atoms. The third kappa shape index (κ3) is 3.17. The van der Waals surface area contributed by atoms with E-state index >= 15 is 0 Å². The van der Waals surface area contributed by atoms with Crippen LogP contribution in [0.4, 0.5) is 5.13 Å². The number of rotatable bonds is 4. The van der Waals surface area contributed by atoms with Crippen LogP contribution in [0.2, 0.25) is 0 Å². The lowest BCUT2D eigenvalue weighted by atomic mass is 9.87. The largest absolute Gasteiger partial charge is 0.373 e. The second-order valence-corrected chi connectivity index (χ2v) is 7.95. The topological polar surface area (TPSA) is 50.3 Å². The zero-order valence-electron chi connectivity index (χ0n) is 12.4. The zero-order chi connectivity index (χ0) is 14.8. The van der Waals surface area contributed by atoms with E-state index in [4.69, 9.17) is 4.74 Å². The van der Waals surface area contributed by atoms with Crippen molar-refractivity contribution in [3.63, 3.8) is 0 Å². The van der Waals surface area contributed by atoms with E-state index in [1.54, 1.807) is 22.7 Å². The van der Waals surface area contributed by atoms with E-state index in [1.165, 1.54) is 5.01 Å². The van der Waals surface area contributed by atoms with E-state index in [-0.39, 0.29) is 5.60 Å². The average Bonchev–Trinajstić information content (AvgIpc) is 3.26. The monoisotopic (exact) mass is 336 g/mol. The molecule has 0 bridgehead atoms.